The van der Waals surface area contributed by atoms with Crippen molar-refractivity contribution in [2.45, 2.75) is 145 Å². The number of rotatable bonds is 24. The standard InChI is InChI=1S/C52H71ClO11SSi/c1-35(37(3)46(56)32-48-45(34-65(57,58)42-21-13-10-14-22-42)50(59-9)51(64-48)49(62-39(5)55)33-60-38(4)54)30-40(53)27-28-47-36(2)31-41(63-47)20-19-29-61-66(52(6,7)8,43-23-15-11-16-24-43)44-25-17-12-18-26-44/h10-18,21-26,35,40-41,45-51,56H,2-3,19-20,27-34H2,1,4-9H3/t35-,40+,41+,45+,46+,47+,48+,49+,50-,51-/m1/s1. The maximum Gasteiger partial charge on any atom is 0.303 e. The van der Waals surface area contributed by atoms with E-state index in [0.717, 1.165) is 24.8 Å². The summed E-state index contributed by atoms with van der Waals surface area (Å²) in [5, 5.41) is 13.8. The van der Waals surface area contributed by atoms with Crippen LogP contribution in [0.3, 0.4) is 0 Å². The van der Waals surface area contributed by atoms with Crippen LogP contribution < -0.4 is 10.4 Å². The number of hydrogen-bond acceptors (Lipinski definition) is 11. The Balaban J connectivity index is 1.16. The highest BCUT2D eigenvalue weighted by Crippen LogP contribution is 2.40. The average Bonchev–Trinajstić information content (AvgIpc) is 3.81. The molecule has 0 saturated carbocycles. The lowest BCUT2D eigenvalue weighted by atomic mass is 9.86. The van der Waals surface area contributed by atoms with E-state index in [9.17, 15) is 23.1 Å². The van der Waals surface area contributed by atoms with Gasteiger partial charge in [0, 0.05) is 45.3 Å². The fraction of sp³-hybridized carbons (Fsp3) is 0.538. The summed E-state index contributed by atoms with van der Waals surface area (Å²) in [5.41, 5.74) is 1.60. The Morgan fingerprint density at radius 2 is 1.52 bits per heavy atom. The molecule has 2 aliphatic heterocycles. The number of sulfone groups is 1. The van der Waals surface area contributed by atoms with E-state index in [1.54, 1.807) is 18.2 Å². The van der Waals surface area contributed by atoms with Crippen LogP contribution in [0.5, 0.6) is 0 Å². The van der Waals surface area contributed by atoms with E-state index in [2.05, 4.69) is 94.6 Å². The van der Waals surface area contributed by atoms with Gasteiger partial charge in [-0.05, 0) is 83.1 Å². The molecule has 0 radical (unpaired) electrons. The zero-order valence-corrected chi connectivity index (χ0v) is 42.3. The number of hydrogen-bond donors (Lipinski definition) is 1. The third-order valence-corrected chi connectivity index (χ3v) is 20.3. The van der Waals surface area contributed by atoms with Crippen molar-refractivity contribution >= 4 is 52.1 Å². The molecule has 3 aromatic rings. The Morgan fingerprint density at radius 3 is 2.06 bits per heavy atom. The first kappa shape index (κ1) is 53.3. The number of carbonyl (C=O) groups is 2. The van der Waals surface area contributed by atoms with Crippen molar-refractivity contribution in [1.29, 1.82) is 0 Å². The lowest BCUT2D eigenvalue weighted by molar-refractivity contribution is -0.171. The molecule has 2 heterocycles. The van der Waals surface area contributed by atoms with E-state index in [-0.39, 0.29) is 52.2 Å². The minimum absolute atomic E-state index is 0.0120. The van der Waals surface area contributed by atoms with E-state index in [1.807, 2.05) is 6.92 Å². The van der Waals surface area contributed by atoms with Crippen molar-refractivity contribution in [3.05, 3.63) is 115 Å². The van der Waals surface area contributed by atoms with Crippen molar-refractivity contribution in [2.75, 3.05) is 26.1 Å². The molecule has 362 valence electrons. The molecule has 10 atom stereocenters. The van der Waals surface area contributed by atoms with Crippen molar-refractivity contribution in [3.8, 4) is 0 Å². The van der Waals surface area contributed by atoms with Crippen molar-refractivity contribution < 1.29 is 51.2 Å². The minimum atomic E-state index is -3.86. The third-order valence-electron chi connectivity index (χ3n) is 13.1. The Hall–Kier alpha value is -3.66. The van der Waals surface area contributed by atoms with Crippen LogP contribution in [0, 0.1) is 11.8 Å². The van der Waals surface area contributed by atoms with E-state index in [1.165, 1.54) is 43.5 Å². The van der Waals surface area contributed by atoms with Crippen LogP contribution in [-0.2, 0) is 47.5 Å². The molecule has 3 aromatic carbocycles. The molecule has 2 aliphatic rings. The lowest BCUT2D eigenvalue weighted by Crippen LogP contribution is -2.66. The number of halogens is 1. The summed E-state index contributed by atoms with van der Waals surface area (Å²) in [7, 11) is -5.06. The largest absolute Gasteiger partial charge is 0.462 e. The second kappa shape index (κ2) is 24.1. The number of carbonyl (C=O) groups excluding carboxylic acids is 2. The fourth-order valence-electron chi connectivity index (χ4n) is 9.69. The second-order valence-corrected chi connectivity index (χ2v) is 25.9. The number of aliphatic hydroxyl groups excluding tert-OH is 1. The van der Waals surface area contributed by atoms with Crippen LogP contribution in [0.2, 0.25) is 5.04 Å². The van der Waals surface area contributed by atoms with Gasteiger partial charge in [-0.15, -0.1) is 11.6 Å². The summed E-state index contributed by atoms with van der Waals surface area (Å²) < 4.78 is 64.2. The van der Waals surface area contributed by atoms with Gasteiger partial charge in [0.15, 0.2) is 15.9 Å². The molecule has 0 aromatic heterocycles. The molecule has 0 unspecified atom stereocenters. The molecular weight excluding hydrogens is 896 g/mol. The number of methoxy groups -OCH3 is 1. The predicted octanol–water partition coefficient (Wildman–Crippen LogP) is 8.15. The van der Waals surface area contributed by atoms with Crippen molar-refractivity contribution in [2.24, 2.45) is 11.8 Å². The lowest BCUT2D eigenvalue weighted by Gasteiger charge is -2.43. The summed E-state index contributed by atoms with van der Waals surface area (Å²) in [5.74, 6) is -2.60. The van der Waals surface area contributed by atoms with E-state index in [0.29, 0.717) is 31.4 Å². The third kappa shape index (κ3) is 13.7. The maximum atomic E-state index is 13.7. The number of aliphatic hydroxyl groups is 1. The SMILES string of the molecule is C=C1C[C@H](CCCO[Si](c2ccccc2)(c2ccccc2)C(C)(C)C)O[C@H]1CC[C@H](Cl)C[C@@H](C)C(=C)[C@@H](O)C[C@@H]1O[C@H]([C@H](COC(C)=O)OC(C)=O)[C@H](OC)[C@H]1CS(=O)(=O)c1ccccc1. The van der Waals surface area contributed by atoms with Gasteiger partial charge in [0.1, 0.15) is 12.7 Å². The molecule has 2 saturated heterocycles. The fourth-order valence-corrected chi connectivity index (χ4v) is 16.4. The Labute approximate surface area is 399 Å². The maximum absolute atomic E-state index is 13.7. The van der Waals surface area contributed by atoms with E-state index < -0.39 is 66.5 Å². The summed E-state index contributed by atoms with van der Waals surface area (Å²) in [6.07, 6.45) is -0.554. The normalized spacial score (nSPS) is 23.2. The van der Waals surface area contributed by atoms with E-state index in [4.69, 9.17) is 39.7 Å². The predicted molar refractivity (Wildman–Crippen MR) is 261 cm³/mol. The molecular formula is C52H71ClO11SSi. The number of benzene rings is 3. The molecule has 11 nitrogen and oxygen atoms in total. The summed E-state index contributed by atoms with van der Waals surface area (Å²) in [6.45, 7) is 20.2. The smallest absolute Gasteiger partial charge is 0.303 e. The molecule has 66 heavy (non-hydrogen) atoms. The van der Waals surface area contributed by atoms with Crippen LogP contribution >= 0.6 is 11.6 Å². The first-order valence-electron chi connectivity index (χ1n) is 23.1. The first-order valence-corrected chi connectivity index (χ1v) is 27.1. The zero-order valence-electron chi connectivity index (χ0n) is 39.7. The van der Waals surface area contributed by atoms with E-state index >= 15 is 0 Å². The molecule has 0 bridgehead atoms. The number of ether oxygens (including phenoxy) is 5. The van der Waals surface area contributed by atoms with Gasteiger partial charge in [-0.25, -0.2) is 8.42 Å². The average molecular weight is 968 g/mol. The molecule has 0 aliphatic carbocycles. The van der Waals surface area contributed by atoms with Crippen LogP contribution in [0.25, 0.3) is 0 Å². The van der Waals surface area contributed by atoms with Gasteiger partial charge in [-0.1, -0.05) is 120 Å². The van der Waals surface area contributed by atoms with Gasteiger partial charge >= 0.3 is 11.9 Å². The summed E-state index contributed by atoms with van der Waals surface area (Å²) >= 11 is 6.97. The summed E-state index contributed by atoms with van der Waals surface area (Å²) in [6, 6.07) is 29.4. The van der Waals surface area contributed by atoms with Crippen LogP contribution in [0.15, 0.2) is 120 Å². The minimum Gasteiger partial charge on any atom is -0.462 e. The molecule has 1 N–H and O–H groups in total. The molecule has 14 heteroatoms. The highest BCUT2D eigenvalue weighted by Gasteiger charge is 2.52. The van der Waals surface area contributed by atoms with Crippen LogP contribution in [0.4, 0.5) is 0 Å². The zero-order chi connectivity index (χ0) is 48.2. The van der Waals surface area contributed by atoms with Gasteiger partial charge in [-0.2, -0.15) is 0 Å². The highest BCUT2D eigenvalue weighted by atomic mass is 35.5. The molecule has 2 fully saturated rings. The van der Waals surface area contributed by atoms with Crippen LogP contribution in [-0.4, -0.2) is 108 Å². The molecule has 5 rings (SSSR count). The summed E-state index contributed by atoms with van der Waals surface area (Å²) in [4.78, 5) is 24.0. The first-order chi connectivity index (χ1) is 31.3. The monoisotopic (exact) mass is 966 g/mol. The van der Waals surface area contributed by atoms with Gasteiger partial charge < -0.3 is 33.2 Å². The number of esters is 2. The van der Waals surface area contributed by atoms with Crippen molar-refractivity contribution in [1.82, 2.24) is 0 Å². The Morgan fingerprint density at radius 1 is 0.924 bits per heavy atom. The highest BCUT2D eigenvalue weighted by molar-refractivity contribution is 7.91. The molecule has 0 spiro atoms. The second-order valence-electron chi connectivity index (χ2n) is 18.9. The topological polar surface area (TPSA) is 144 Å². The van der Waals surface area contributed by atoms with Crippen molar-refractivity contribution in [3.63, 3.8) is 0 Å². The molecule has 0 amide bonds. The van der Waals surface area contributed by atoms with Crippen LogP contribution in [0.1, 0.15) is 86.5 Å². The van der Waals surface area contributed by atoms with Gasteiger partial charge in [-0.3, -0.25) is 9.59 Å². The van der Waals surface area contributed by atoms with Gasteiger partial charge in [0.05, 0.1) is 41.2 Å². The Kier molecular flexibility index (Phi) is 19.4. The quantitative estimate of drug-likeness (QED) is 0.0306. The van der Waals surface area contributed by atoms with Gasteiger partial charge in [0.2, 0.25) is 0 Å². The Bertz CT molecular complexity index is 2110. The van der Waals surface area contributed by atoms with Gasteiger partial charge in [0.25, 0.3) is 8.32 Å². The number of alkyl halides is 1.